The molecular weight excluding hydrogens is 194 g/mol. The number of hydrogen-bond donors (Lipinski definition) is 2. The molecule has 0 radical (unpaired) electrons. The van der Waals surface area contributed by atoms with Gasteiger partial charge >= 0.3 is 0 Å². The average Bonchev–Trinajstić information content (AvgIpc) is 2.20. The monoisotopic (exact) mass is 207 g/mol. The predicted molar refractivity (Wildman–Crippen MR) is 58.1 cm³/mol. The minimum Gasteiger partial charge on any atom is -0.508 e. The van der Waals surface area contributed by atoms with Gasteiger partial charge in [-0.2, -0.15) is 0 Å². The summed E-state index contributed by atoms with van der Waals surface area (Å²) in [5.74, 6) is 0.212. The maximum Gasteiger partial charge on any atom is 0.250 e. The molecule has 0 fully saturated rings. The highest BCUT2D eigenvalue weighted by atomic mass is 16.5. The Morgan fingerprint density at radius 1 is 1.53 bits per heavy atom. The Hall–Kier alpha value is -1.97. The van der Waals surface area contributed by atoms with Gasteiger partial charge in [-0.25, -0.2) is 0 Å². The van der Waals surface area contributed by atoms with E-state index in [2.05, 4.69) is 11.9 Å². The van der Waals surface area contributed by atoms with E-state index >= 15 is 0 Å². The number of rotatable bonds is 3. The fourth-order valence-corrected chi connectivity index (χ4v) is 1.01. The topological polar surface area (TPSA) is 58.6 Å². The first-order chi connectivity index (χ1) is 7.04. The molecule has 0 atom stereocenters. The van der Waals surface area contributed by atoms with E-state index in [1.807, 2.05) is 0 Å². The van der Waals surface area contributed by atoms with Crippen LogP contribution in [0.15, 0.2) is 30.4 Å². The van der Waals surface area contributed by atoms with Gasteiger partial charge in [0.05, 0.1) is 12.8 Å². The molecule has 0 heterocycles. The minimum absolute atomic E-state index is 0.0835. The van der Waals surface area contributed by atoms with Crippen LogP contribution >= 0.6 is 0 Å². The molecule has 0 aromatic heterocycles. The predicted octanol–water partition coefficient (Wildman–Crippen LogP) is 1.92. The van der Waals surface area contributed by atoms with Crippen molar-refractivity contribution in [3.05, 3.63) is 30.4 Å². The van der Waals surface area contributed by atoms with Gasteiger partial charge in [0.2, 0.25) is 0 Å². The molecule has 0 unspecified atom stereocenters. The van der Waals surface area contributed by atoms with E-state index in [1.165, 1.54) is 19.2 Å². The summed E-state index contributed by atoms with van der Waals surface area (Å²) in [6.07, 6.45) is 0. The lowest BCUT2D eigenvalue weighted by Crippen LogP contribution is -2.12. The first kappa shape index (κ1) is 11.1. The maximum atomic E-state index is 11.3. The van der Waals surface area contributed by atoms with Crippen LogP contribution in [0, 0.1) is 0 Å². The zero-order chi connectivity index (χ0) is 11.4. The molecule has 0 aliphatic heterocycles. The van der Waals surface area contributed by atoms with Gasteiger partial charge in [0.25, 0.3) is 5.91 Å². The fraction of sp³-hybridized carbons (Fsp3) is 0.182. The second-order valence-electron chi connectivity index (χ2n) is 3.12. The Balaban J connectivity index is 2.94. The highest BCUT2D eigenvalue weighted by Crippen LogP contribution is 2.28. The molecule has 4 heteroatoms. The second-order valence-corrected chi connectivity index (χ2v) is 3.12. The van der Waals surface area contributed by atoms with E-state index < -0.39 is 0 Å². The van der Waals surface area contributed by atoms with Crippen molar-refractivity contribution in [3.63, 3.8) is 0 Å². The molecule has 1 aromatic carbocycles. The number of ether oxygens (including phenoxy) is 1. The number of amides is 1. The molecule has 0 spiro atoms. The molecule has 0 saturated carbocycles. The van der Waals surface area contributed by atoms with Crippen LogP contribution in [-0.4, -0.2) is 18.1 Å². The third-order valence-corrected chi connectivity index (χ3v) is 1.82. The van der Waals surface area contributed by atoms with Crippen molar-refractivity contribution in [2.75, 3.05) is 12.4 Å². The van der Waals surface area contributed by atoms with Crippen LogP contribution in [0.5, 0.6) is 11.5 Å². The van der Waals surface area contributed by atoms with Crippen LogP contribution in [0.4, 0.5) is 5.69 Å². The lowest BCUT2D eigenvalue weighted by molar-refractivity contribution is -0.112. The van der Waals surface area contributed by atoms with Gasteiger partial charge in [0.15, 0.2) is 0 Å². The van der Waals surface area contributed by atoms with Gasteiger partial charge in [-0.15, -0.1) is 0 Å². The summed E-state index contributed by atoms with van der Waals surface area (Å²) in [6, 6.07) is 4.46. The van der Waals surface area contributed by atoms with Crippen LogP contribution in [0.1, 0.15) is 6.92 Å². The molecule has 2 N–H and O–H groups in total. The SMILES string of the molecule is C=C(C)C(=O)Nc1ccc(O)cc1OC. The van der Waals surface area contributed by atoms with E-state index in [9.17, 15) is 9.90 Å². The summed E-state index contributed by atoms with van der Waals surface area (Å²) >= 11 is 0. The molecule has 0 saturated heterocycles. The Bertz CT molecular complexity index is 399. The fourth-order valence-electron chi connectivity index (χ4n) is 1.01. The smallest absolute Gasteiger partial charge is 0.250 e. The maximum absolute atomic E-state index is 11.3. The third kappa shape index (κ3) is 2.74. The Morgan fingerprint density at radius 3 is 2.73 bits per heavy atom. The molecule has 1 amide bonds. The van der Waals surface area contributed by atoms with Crippen LogP contribution in [0.2, 0.25) is 0 Å². The van der Waals surface area contributed by atoms with Crippen molar-refractivity contribution >= 4 is 11.6 Å². The van der Waals surface area contributed by atoms with Gasteiger partial charge in [0.1, 0.15) is 11.5 Å². The molecule has 1 rings (SSSR count). The number of carbonyl (C=O) groups excluding carboxylic acids is 1. The number of phenols is 1. The Labute approximate surface area is 88.2 Å². The third-order valence-electron chi connectivity index (χ3n) is 1.82. The van der Waals surface area contributed by atoms with Crippen LogP contribution in [0.25, 0.3) is 0 Å². The highest BCUT2D eigenvalue weighted by molar-refractivity contribution is 6.03. The van der Waals surface area contributed by atoms with Gasteiger partial charge in [-0.1, -0.05) is 6.58 Å². The summed E-state index contributed by atoms with van der Waals surface area (Å²) in [5, 5.41) is 11.8. The van der Waals surface area contributed by atoms with Gasteiger partial charge in [-0.05, 0) is 19.1 Å². The van der Waals surface area contributed by atoms with Crippen molar-refractivity contribution in [2.24, 2.45) is 0 Å². The summed E-state index contributed by atoms with van der Waals surface area (Å²) in [6.45, 7) is 5.14. The van der Waals surface area contributed by atoms with E-state index in [1.54, 1.807) is 13.0 Å². The zero-order valence-corrected chi connectivity index (χ0v) is 8.70. The average molecular weight is 207 g/mol. The van der Waals surface area contributed by atoms with E-state index in [0.29, 0.717) is 17.0 Å². The quantitative estimate of drug-likeness (QED) is 0.588. The van der Waals surface area contributed by atoms with Crippen LogP contribution in [0.3, 0.4) is 0 Å². The molecule has 0 aliphatic carbocycles. The van der Waals surface area contributed by atoms with Gasteiger partial charge in [-0.3, -0.25) is 4.79 Å². The van der Waals surface area contributed by atoms with E-state index in [0.717, 1.165) is 0 Å². The summed E-state index contributed by atoms with van der Waals surface area (Å²) in [4.78, 5) is 11.3. The van der Waals surface area contributed by atoms with Crippen LogP contribution in [-0.2, 0) is 4.79 Å². The largest absolute Gasteiger partial charge is 0.508 e. The number of methoxy groups -OCH3 is 1. The number of hydrogen-bond acceptors (Lipinski definition) is 3. The molecule has 0 bridgehead atoms. The molecule has 1 aromatic rings. The lowest BCUT2D eigenvalue weighted by Gasteiger charge is -2.09. The first-order valence-corrected chi connectivity index (χ1v) is 4.38. The van der Waals surface area contributed by atoms with Crippen LogP contribution < -0.4 is 10.1 Å². The van der Waals surface area contributed by atoms with Crippen molar-refractivity contribution in [3.8, 4) is 11.5 Å². The summed E-state index contributed by atoms with van der Waals surface area (Å²) < 4.78 is 5.00. The van der Waals surface area contributed by atoms with Crippen molar-refractivity contribution in [2.45, 2.75) is 6.92 Å². The number of nitrogens with one attached hydrogen (secondary N) is 1. The number of anilines is 1. The minimum atomic E-state index is -0.279. The van der Waals surface area contributed by atoms with Crippen molar-refractivity contribution in [1.82, 2.24) is 0 Å². The lowest BCUT2D eigenvalue weighted by atomic mass is 10.2. The second kappa shape index (κ2) is 4.50. The van der Waals surface area contributed by atoms with Gasteiger partial charge < -0.3 is 15.2 Å². The normalized spacial score (nSPS) is 9.47. The molecule has 0 aliphatic rings. The first-order valence-electron chi connectivity index (χ1n) is 4.38. The summed E-state index contributed by atoms with van der Waals surface area (Å²) in [7, 11) is 1.46. The van der Waals surface area contributed by atoms with Crippen molar-refractivity contribution in [1.29, 1.82) is 0 Å². The molecule has 15 heavy (non-hydrogen) atoms. The molecule has 80 valence electrons. The number of benzene rings is 1. The standard InChI is InChI=1S/C11H13NO3/c1-7(2)11(14)12-9-5-4-8(13)6-10(9)15-3/h4-6,13H,1H2,2-3H3,(H,12,14). The highest BCUT2D eigenvalue weighted by Gasteiger charge is 2.08. The molecule has 4 nitrogen and oxygen atoms in total. The number of phenolic OH excluding ortho intramolecular Hbond substituents is 1. The Kier molecular flexibility index (Phi) is 3.33. The number of aromatic hydroxyl groups is 1. The number of carbonyl (C=O) groups is 1. The Morgan fingerprint density at radius 2 is 2.20 bits per heavy atom. The zero-order valence-electron chi connectivity index (χ0n) is 8.70. The summed E-state index contributed by atoms with van der Waals surface area (Å²) in [5.41, 5.74) is 0.911. The van der Waals surface area contributed by atoms with Crippen molar-refractivity contribution < 1.29 is 14.6 Å². The van der Waals surface area contributed by atoms with E-state index in [4.69, 9.17) is 4.74 Å². The van der Waals surface area contributed by atoms with E-state index in [-0.39, 0.29) is 11.7 Å². The molecular formula is C11H13NO3. The van der Waals surface area contributed by atoms with Gasteiger partial charge in [0, 0.05) is 11.6 Å².